The minimum atomic E-state index is -4.29. The number of alkyl halides is 3. The van der Waals surface area contributed by atoms with Gasteiger partial charge in [-0.1, -0.05) is 12.1 Å². The third kappa shape index (κ3) is 3.23. The van der Waals surface area contributed by atoms with Gasteiger partial charge in [0.05, 0.1) is 5.56 Å². The number of amides is 2. The Kier molecular flexibility index (Phi) is 3.92. The molecule has 1 aromatic carbocycles. The number of rotatable bonds is 3. The van der Waals surface area contributed by atoms with Gasteiger partial charge in [-0.05, 0) is 49.3 Å². The van der Waals surface area contributed by atoms with E-state index in [1.165, 1.54) is 12.1 Å². The lowest BCUT2D eigenvalue weighted by molar-refractivity contribution is -0.137. The van der Waals surface area contributed by atoms with Crippen molar-refractivity contribution in [2.75, 3.05) is 0 Å². The van der Waals surface area contributed by atoms with E-state index in [1.807, 2.05) is 6.92 Å². The van der Waals surface area contributed by atoms with Gasteiger partial charge in [-0.2, -0.15) is 13.2 Å². The molecule has 1 aromatic rings. The lowest BCUT2D eigenvalue weighted by Crippen LogP contribution is -2.45. The van der Waals surface area contributed by atoms with Crippen molar-refractivity contribution >= 4 is 6.03 Å². The highest BCUT2D eigenvalue weighted by atomic mass is 19.4. The van der Waals surface area contributed by atoms with Crippen molar-refractivity contribution in [3.63, 3.8) is 0 Å². The first-order valence-corrected chi connectivity index (χ1v) is 6.50. The van der Waals surface area contributed by atoms with Crippen molar-refractivity contribution in [1.29, 1.82) is 0 Å². The molecule has 2 amide bonds. The molecular formula is C14H17F3N2O. The molecule has 1 aliphatic carbocycles. The number of hydrogen-bond acceptors (Lipinski definition) is 1. The molecule has 1 saturated carbocycles. The van der Waals surface area contributed by atoms with Crippen molar-refractivity contribution in [3.8, 4) is 0 Å². The summed E-state index contributed by atoms with van der Waals surface area (Å²) in [6.07, 6.45) is -2.58. The molecule has 3 N–H and O–H groups in total. The van der Waals surface area contributed by atoms with Gasteiger partial charge in [0.15, 0.2) is 0 Å². The van der Waals surface area contributed by atoms with Crippen LogP contribution in [0.4, 0.5) is 18.0 Å². The van der Waals surface area contributed by atoms with E-state index in [2.05, 4.69) is 5.32 Å². The third-order valence-electron chi connectivity index (χ3n) is 3.96. The number of urea groups is 1. The molecule has 110 valence electrons. The number of carbonyl (C=O) groups excluding carboxylic acids is 1. The number of hydrogen-bond donors (Lipinski definition) is 2. The minimum absolute atomic E-state index is 0.00167. The zero-order chi connectivity index (χ0) is 14.9. The van der Waals surface area contributed by atoms with Crippen LogP contribution in [-0.2, 0) is 6.18 Å². The zero-order valence-electron chi connectivity index (χ0n) is 11.1. The van der Waals surface area contributed by atoms with E-state index >= 15 is 0 Å². The average molecular weight is 286 g/mol. The van der Waals surface area contributed by atoms with Crippen molar-refractivity contribution in [2.24, 2.45) is 11.7 Å². The van der Waals surface area contributed by atoms with Gasteiger partial charge in [0.25, 0.3) is 0 Å². The molecule has 1 atom stereocenters. The van der Waals surface area contributed by atoms with Gasteiger partial charge in [-0.3, -0.25) is 0 Å². The first-order valence-electron chi connectivity index (χ1n) is 6.50. The van der Waals surface area contributed by atoms with Gasteiger partial charge in [-0.15, -0.1) is 0 Å². The van der Waals surface area contributed by atoms with Crippen LogP contribution in [0.2, 0.25) is 0 Å². The summed E-state index contributed by atoms with van der Waals surface area (Å²) in [4.78, 5) is 10.7. The Bertz CT molecular complexity index is 478. The molecule has 20 heavy (non-hydrogen) atoms. The second kappa shape index (κ2) is 5.34. The van der Waals surface area contributed by atoms with Crippen LogP contribution in [0.5, 0.6) is 0 Å². The van der Waals surface area contributed by atoms with Crippen LogP contribution in [0.15, 0.2) is 24.3 Å². The molecule has 3 nitrogen and oxygen atoms in total. The van der Waals surface area contributed by atoms with Crippen LogP contribution in [0, 0.1) is 5.92 Å². The van der Waals surface area contributed by atoms with Gasteiger partial charge in [-0.25, -0.2) is 4.79 Å². The normalized spacial score (nSPS) is 23.8. The summed E-state index contributed by atoms with van der Waals surface area (Å²) < 4.78 is 37.4. The van der Waals surface area contributed by atoms with E-state index in [0.717, 1.165) is 30.5 Å². The second-order valence-corrected chi connectivity index (χ2v) is 5.35. The van der Waals surface area contributed by atoms with Gasteiger partial charge in [0.2, 0.25) is 0 Å². The molecule has 0 aromatic heterocycles. The van der Waals surface area contributed by atoms with Crippen molar-refractivity contribution < 1.29 is 18.0 Å². The molecule has 1 fully saturated rings. The number of halogens is 3. The second-order valence-electron chi connectivity index (χ2n) is 5.35. The topological polar surface area (TPSA) is 55.1 Å². The molecule has 1 unspecified atom stereocenters. The number of carbonyl (C=O) groups is 1. The Balaban J connectivity index is 1.91. The van der Waals surface area contributed by atoms with Gasteiger partial charge < -0.3 is 11.1 Å². The zero-order valence-corrected chi connectivity index (χ0v) is 11.1. The lowest BCUT2D eigenvalue weighted by Gasteiger charge is -2.39. The van der Waals surface area contributed by atoms with Crippen molar-refractivity contribution in [3.05, 3.63) is 35.4 Å². The molecule has 0 spiro atoms. The standard InChI is InChI=1S/C14H17F3N2O/c1-8(19-13(18)20)10-6-11(7-10)9-2-4-12(5-3-9)14(15,16)17/h2-5,8,10-11H,6-7H2,1H3,(H3,18,19,20). The fourth-order valence-electron chi connectivity index (χ4n) is 2.63. The Labute approximate surface area is 115 Å². The SMILES string of the molecule is CC(NC(N)=O)C1CC(c2ccc(C(F)(F)F)cc2)C1. The van der Waals surface area contributed by atoms with E-state index in [-0.39, 0.29) is 12.0 Å². The first kappa shape index (κ1) is 14.7. The maximum absolute atomic E-state index is 12.5. The van der Waals surface area contributed by atoms with Gasteiger partial charge >= 0.3 is 12.2 Å². The molecule has 0 heterocycles. The van der Waals surface area contributed by atoms with Crippen LogP contribution in [0.3, 0.4) is 0 Å². The van der Waals surface area contributed by atoms with Crippen LogP contribution in [0.1, 0.15) is 36.8 Å². The number of primary amides is 1. The summed E-state index contributed by atoms with van der Waals surface area (Å²) in [6, 6.07) is 4.77. The minimum Gasteiger partial charge on any atom is -0.352 e. The summed E-state index contributed by atoms with van der Waals surface area (Å²) in [5, 5.41) is 2.64. The van der Waals surface area contributed by atoms with E-state index in [9.17, 15) is 18.0 Å². The van der Waals surface area contributed by atoms with Crippen molar-refractivity contribution in [1.82, 2.24) is 5.32 Å². The molecular weight excluding hydrogens is 269 g/mol. The number of nitrogens with one attached hydrogen (secondary N) is 1. The Morgan fingerprint density at radius 2 is 1.85 bits per heavy atom. The molecule has 6 heteroatoms. The summed E-state index contributed by atoms with van der Waals surface area (Å²) in [6.45, 7) is 1.89. The molecule has 0 aliphatic heterocycles. The Morgan fingerprint density at radius 3 is 2.30 bits per heavy atom. The molecule has 0 radical (unpaired) electrons. The van der Waals surface area contributed by atoms with Crippen LogP contribution in [0.25, 0.3) is 0 Å². The van der Waals surface area contributed by atoms with Crippen LogP contribution in [-0.4, -0.2) is 12.1 Å². The van der Waals surface area contributed by atoms with E-state index in [4.69, 9.17) is 5.73 Å². The summed E-state index contributed by atoms with van der Waals surface area (Å²) in [7, 11) is 0. The first-order chi connectivity index (χ1) is 9.27. The summed E-state index contributed by atoms with van der Waals surface area (Å²) >= 11 is 0. The summed E-state index contributed by atoms with van der Waals surface area (Å²) in [5.74, 6) is 0.592. The lowest BCUT2D eigenvalue weighted by atomic mass is 9.68. The third-order valence-corrected chi connectivity index (χ3v) is 3.96. The van der Waals surface area contributed by atoms with Gasteiger partial charge in [0.1, 0.15) is 0 Å². The number of nitrogens with two attached hydrogens (primary N) is 1. The quantitative estimate of drug-likeness (QED) is 0.880. The number of benzene rings is 1. The average Bonchev–Trinajstić information content (AvgIpc) is 2.25. The molecule has 2 rings (SSSR count). The van der Waals surface area contributed by atoms with E-state index in [1.54, 1.807) is 0 Å². The smallest absolute Gasteiger partial charge is 0.352 e. The Morgan fingerprint density at radius 1 is 1.30 bits per heavy atom. The fraction of sp³-hybridized carbons (Fsp3) is 0.500. The Hall–Kier alpha value is -1.72. The van der Waals surface area contributed by atoms with E-state index in [0.29, 0.717) is 5.92 Å². The molecule has 0 bridgehead atoms. The molecule has 0 saturated heterocycles. The highest BCUT2D eigenvalue weighted by molar-refractivity contribution is 5.71. The highest BCUT2D eigenvalue weighted by Crippen LogP contribution is 2.43. The van der Waals surface area contributed by atoms with E-state index < -0.39 is 17.8 Å². The van der Waals surface area contributed by atoms with Gasteiger partial charge in [0, 0.05) is 6.04 Å². The van der Waals surface area contributed by atoms with Crippen molar-refractivity contribution in [2.45, 2.75) is 37.9 Å². The highest BCUT2D eigenvalue weighted by Gasteiger charge is 2.35. The maximum Gasteiger partial charge on any atom is 0.416 e. The predicted molar refractivity (Wildman–Crippen MR) is 69.1 cm³/mol. The predicted octanol–water partition coefficient (Wildman–Crippen LogP) is 3.26. The molecule has 1 aliphatic rings. The maximum atomic E-state index is 12.5. The monoisotopic (exact) mass is 286 g/mol. The largest absolute Gasteiger partial charge is 0.416 e. The van der Waals surface area contributed by atoms with Crippen LogP contribution < -0.4 is 11.1 Å². The summed E-state index contributed by atoms with van der Waals surface area (Å²) in [5.41, 5.74) is 5.35. The van der Waals surface area contributed by atoms with Crippen LogP contribution >= 0.6 is 0 Å². The fourth-order valence-corrected chi connectivity index (χ4v) is 2.63.